The van der Waals surface area contributed by atoms with Crippen molar-refractivity contribution in [2.24, 2.45) is 0 Å². The highest BCUT2D eigenvalue weighted by Crippen LogP contribution is 2.31. The number of carbonyl (C=O) groups is 1. The van der Waals surface area contributed by atoms with Gasteiger partial charge in [0.05, 0.1) is 15.6 Å². The molecule has 0 atom stereocenters. The summed E-state index contributed by atoms with van der Waals surface area (Å²) in [6.45, 7) is 1.13. The Labute approximate surface area is 154 Å². The molecule has 24 heavy (non-hydrogen) atoms. The summed E-state index contributed by atoms with van der Waals surface area (Å²) in [6, 6.07) is 6.30. The molecule has 1 saturated heterocycles. The highest BCUT2D eigenvalue weighted by atomic mass is 35.5. The molecule has 1 aliphatic heterocycles. The molecule has 1 aromatic carbocycles. The topological polar surface area (TPSA) is 57.7 Å². The first kappa shape index (κ1) is 17.7. The van der Waals surface area contributed by atoms with Crippen LogP contribution in [0.4, 0.5) is 0 Å². The summed E-state index contributed by atoms with van der Waals surface area (Å²) >= 11 is 13.4. The Kier molecular flexibility index (Phi) is 5.17. The highest BCUT2D eigenvalue weighted by molar-refractivity contribution is 7.89. The molecule has 1 aliphatic rings. The summed E-state index contributed by atoms with van der Waals surface area (Å²) in [5.41, 5.74) is 0.634. The first-order chi connectivity index (χ1) is 11.4. The molecule has 1 aromatic heterocycles. The van der Waals surface area contributed by atoms with Crippen LogP contribution in [0.3, 0.4) is 0 Å². The number of benzene rings is 1. The lowest BCUT2D eigenvalue weighted by Gasteiger charge is -2.34. The summed E-state index contributed by atoms with van der Waals surface area (Å²) in [7, 11) is -3.74. The van der Waals surface area contributed by atoms with Crippen molar-refractivity contribution in [1.82, 2.24) is 9.21 Å². The number of amides is 1. The van der Waals surface area contributed by atoms with E-state index in [0.717, 1.165) is 0 Å². The van der Waals surface area contributed by atoms with Crippen LogP contribution in [0.25, 0.3) is 0 Å². The monoisotopic (exact) mass is 404 g/mol. The summed E-state index contributed by atoms with van der Waals surface area (Å²) < 4.78 is 26.8. The minimum Gasteiger partial charge on any atom is -0.336 e. The number of hydrogen-bond acceptors (Lipinski definition) is 4. The Morgan fingerprint density at radius 3 is 2.42 bits per heavy atom. The van der Waals surface area contributed by atoms with Gasteiger partial charge < -0.3 is 4.90 Å². The second kappa shape index (κ2) is 7.01. The number of nitrogens with zero attached hydrogens (tertiary/aromatic N) is 2. The molecule has 1 fully saturated rings. The number of piperazine rings is 1. The number of halogens is 2. The van der Waals surface area contributed by atoms with E-state index in [1.54, 1.807) is 28.5 Å². The number of thiophene rings is 1. The van der Waals surface area contributed by atoms with E-state index in [9.17, 15) is 13.2 Å². The largest absolute Gasteiger partial charge is 0.336 e. The second-order valence-electron chi connectivity index (χ2n) is 5.26. The zero-order valence-electron chi connectivity index (χ0n) is 12.5. The molecule has 2 aromatic rings. The molecular formula is C15H14Cl2N2O3S2. The zero-order valence-corrected chi connectivity index (χ0v) is 15.6. The molecule has 0 unspecified atom stereocenters. The molecule has 1 amide bonds. The molecule has 0 spiro atoms. The van der Waals surface area contributed by atoms with Gasteiger partial charge >= 0.3 is 0 Å². The number of carbonyl (C=O) groups excluding carboxylic acids is 1. The molecule has 3 rings (SSSR count). The molecule has 9 heteroatoms. The number of rotatable bonds is 3. The van der Waals surface area contributed by atoms with E-state index in [0.29, 0.717) is 18.7 Å². The molecule has 0 bridgehead atoms. The van der Waals surface area contributed by atoms with Gasteiger partial charge in [-0.3, -0.25) is 4.79 Å². The lowest BCUT2D eigenvalue weighted by atomic mass is 10.2. The lowest BCUT2D eigenvalue weighted by Crippen LogP contribution is -2.50. The third-order valence-corrected chi connectivity index (χ3v) is 7.38. The third-order valence-electron chi connectivity index (χ3n) is 3.83. The van der Waals surface area contributed by atoms with Crippen molar-refractivity contribution in [2.75, 3.05) is 26.2 Å². The predicted molar refractivity (Wildman–Crippen MR) is 95.4 cm³/mol. The Balaban J connectivity index is 1.74. The highest BCUT2D eigenvalue weighted by Gasteiger charge is 2.32. The van der Waals surface area contributed by atoms with Crippen molar-refractivity contribution in [3.8, 4) is 0 Å². The van der Waals surface area contributed by atoms with Gasteiger partial charge in [-0.2, -0.15) is 15.6 Å². The van der Waals surface area contributed by atoms with Crippen LogP contribution < -0.4 is 0 Å². The molecular weight excluding hydrogens is 391 g/mol. The van der Waals surface area contributed by atoms with Crippen molar-refractivity contribution in [3.05, 3.63) is 50.6 Å². The Morgan fingerprint density at radius 2 is 1.79 bits per heavy atom. The lowest BCUT2D eigenvalue weighted by molar-refractivity contribution is 0.0698. The van der Waals surface area contributed by atoms with E-state index >= 15 is 0 Å². The summed E-state index contributed by atoms with van der Waals surface area (Å²) in [6.07, 6.45) is 0. The standard InChI is InChI=1S/C15H14Cl2N2O3S2/c16-12-2-1-3-13(14(12)17)24(21,22)19-7-5-18(6-8-19)15(20)11-4-9-23-10-11/h1-4,9-10H,5-8H2. The molecule has 0 N–H and O–H groups in total. The number of hydrogen-bond donors (Lipinski definition) is 0. The summed E-state index contributed by atoms with van der Waals surface area (Å²) in [5.74, 6) is -0.0749. The quantitative estimate of drug-likeness (QED) is 0.788. The van der Waals surface area contributed by atoms with Crippen molar-refractivity contribution in [1.29, 1.82) is 0 Å². The maximum absolute atomic E-state index is 12.7. The van der Waals surface area contributed by atoms with Crippen LogP contribution >= 0.6 is 34.5 Å². The van der Waals surface area contributed by atoms with Crippen LogP contribution in [-0.2, 0) is 10.0 Å². The van der Waals surface area contributed by atoms with Gasteiger partial charge in [-0.15, -0.1) is 0 Å². The van der Waals surface area contributed by atoms with Crippen LogP contribution in [0.1, 0.15) is 10.4 Å². The van der Waals surface area contributed by atoms with E-state index in [1.807, 2.05) is 5.38 Å². The second-order valence-corrected chi connectivity index (χ2v) is 8.73. The van der Waals surface area contributed by atoms with Crippen LogP contribution in [0.2, 0.25) is 10.0 Å². The van der Waals surface area contributed by atoms with Gasteiger partial charge in [0.1, 0.15) is 4.90 Å². The Hall–Kier alpha value is -1.12. The Morgan fingerprint density at radius 1 is 1.08 bits per heavy atom. The van der Waals surface area contributed by atoms with Crippen LogP contribution in [0.5, 0.6) is 0 Å². The minimum absolute atomic E-state index is 0.00530. The van der Waals surface area contributed by atoms with Gasteiger partial charge in [-0.25, -0.2) is 8.42 Å². The fraction of sp³-hybridized carbons (Fsp3) is 0.267. The average Bonchev–Trinajstić information content (AvgIpc) is 3.11. The van der Waals surface area contributed by atoms with E-state index in [4.69, 9.17) is 23.2 Å². The van der Waals surface area contributed by atoms with Gasteiger partial charge in [-0.1, -0.05) is 29.3 Å². The molecule has 5 nitrogen and oxygen atoms in total. The molecule has 2 heterocycles. The molecule has 0 saturated carbocycles. The number of sulfonamides is 1. The smallest absolute Gasteiger partial charge is 0.254 e. The summed E-state index contributed by atoms with van der Waals surface area (Å²) in [4.78, 5) is 14.0. The normalized spacial score (nSPS) is 16.3. The van der Waals surface area contributed by atoms with E-state index in [1.165, 1.54) is 21.7 Å². The maximum Gasteiger partial charge on any atom is 0.254 e. The van der Waals surface area contributed by atoms with Crippen LogP contribution in [0, 0.1) is 0 Å². The minimum atomic E-state index is -3.74. The maximum atomic E-state index is 12.7. The average molecular weight is 405 g/mol. The third kappa shape index (κ3) is 3.32. The van der Waals surface area contributed by atoms with Crippen molar-refractivity contribution in [2.45, 2.75) is 4.90 Å². The zero-order chi connectivity index (χ0) is 17.3. The first-order valence-corrected chi connectivity index (χ1v) is 10.3. The van der Waals surface area contributed by atoms with Gasteiger partial charge in [0.15, 0.2) is 0 Å². The molecule has 0 radical (unpaired) electrons. The SMILES string of the molecule is O=C(c1ccsc1)N1CCN(S(=O)(=O)c2cccc(Cl)c2Cl)CC1. The van der Waals surface area contributed by atoms with Gasteiger partial charge in [0.25, 0.3) is 5.91 Å². The van der Waals surface area contributed by atoms with E-state index < -0.39 is 10.0 Å². The predicted octanol–water partition coefficient (Wildman–Crippen LogP) is 3.20. The fourth-order valence-electron chi connectivity index (χ4n) is 2.52. The van der Waals surface area contributed by atoms with E-state index in [-0.39, 0.29) is 33.9 Å². The molecule has 128 valence electrons. The van der Waals surface area contributed by atoms with E-state index in [2.05, 4.69) is 0 Å². The van der Waals surface area contributed by atoms with Crippen LogP contribution in [0.15, 0.2) is 39.9 Å². The summed E-state index contributed by atoms with van der Waals surface area (Å²) in [5, 5.41) is 3.85. The Bertz CT molecular complexity index is 846. The fourth-order valence-corrected chi connectivity index (χ4v) is 5.31. The van der Waals surface area contributed by atoms with Crippen LogP contribution in [-0.4, -0.2) is 49.7 Å². The van der Waals surface area contributed by atoms with Gasteiger partial charge in [0, 0.05) is 31.6 Å². The van der Waals surface area contributed by atoms with Gasteiger partial charge in [0.2, 0.25) is 10.0 Å². The first-order valence-electron chi connectivity index (χ1n) is 7.17. The molecule has 0 aliphatic carbocycles. The van der Waals surface area contributed by atoms with Crippen molar-refractivity contribution in [3.63, 3.8) is 0 Å². The van der Waals surface area contributed by atoms with Gasteiger partial charge in [-0.05, 0) is 23.6 Å². The van der Waals surface area contributed by atoms with Crippen molar-refractivity contribution < 1.29 is 13.2 Å². The van der Waals surface area contributed by atoms with Crippen molar-refractivity contribution >= 4 is 50.5 Å².